The summed E-state index contributed by atoms with van der Waals surface area (Å²) in [7, 11) is 0. The lowest BCUT2D eigenvalue weighted by molar-refractivity contribution is 0.0953. The predicted molar refractivity (Wildman–Crippen MR) is 71.6 cm³/mol. The smallest absolute Gasteiger partial charge is 0.266 e. The molecule has 5 heteroatoms. The lowest BCUT2D eigenvalue weighted by atomic mass is 10.2. The lowest BCUT2D eigenvalue weighted by Crippen LogP contribution is -2.30. The van der Waals surface area contributed by atoms with E-state index in [4.69, 9.17) is 5.84 Å². The minimum atomic E-state index is -0.344. The summed E-state index contributed by atoms with van der Waals surface area (Å²) in [5, 5.41) is 0. The predicted octanol–water partition coefficient (Wildman–Crippen LogP) is 0.859. The number of carbonyl (C=O) groups excluding carboxylic acids is 1. The van der Waals surface area contributed by atoms with Crippen molar-refractivity contribution in [2.75, 3.05) is 13.1 Å². The van der Waals surface area contributed by atoms with Crippen LogP contribution in [-0.4, -0.2) is 28.9 Å². The quantitative estimate of drug-likeness (QED) is 0.324. The molecule has 5 nitrogen and oxygen atoms in total. The van der Waals surface area contributed by atoms with E-state index in [0.717, 1.165) is 18.8 Å². The Morgan fingerprint density at radius 1 is 1.39 bits per heavy atom. The van der Waals surface area contributed by atoms with Crippen molar-refractivity contribution in [2.45, 2.75) is 6.54 Å². The van der Waals surface area contributed by atoms with E-state index in [9.17, 15) is 4.79 Å². The molecule has 3 N–H and O–H groups in total. The van der Waals surface area contributed by atoms with Gasteiger partial charge in [-0.2, -0.15) is 0 Å². The molecule has 0 aliphatic carbocycles. The summed E-state index contributed by atoms with van der Waals surface area (Å²) in [5.41, 5.74) is 3.39. The average molecular weight is 246 g/mol. The van der Waals surface area contributed by atoms with E-state index in [1.54, 1.807) is 6.07 Å². The molecule has 1 amide bonds. The molecule has 1 rings (SSSR count). The molecule has 0 atom stereocenters. The highest BCUT2D eigenvalue weighted by atomic mass is 16.2. The Kier molecular flexibility index (Phi) is 5.76. The van der Waals surface area contributed by atoms with Crippen LogP contribution in [0.2, 0.25) is 0 Å². The Labute approximate surface area is 107 Å². The van der Waals surface area contributed by atoms with Crippen molar-refractivity contribution in [1.82, 2.24) is 15.3 Å². The minimum absolute atomic E-state index is 0.344. The normalized spacial score (nSPS) is 10.1. The zero-order valence-corrected chi connectivity index (χ0v) is 10.3. The van der Waals surface area contributed by atoms with Crippen LogP contribution in [0.5, 0.6) is 0 Å². The van der Waals surface area contributed by atoms with Crippen LogP contribution in [-0.2, 0) is 6.54 Å². The maximum atomic E-state index is 11.2. The first-order valence-electron chi connectivity index (χ1n) is 5.61. The fourth-order valence-corrected chi connectivity index (χ4v) is 1.53. The van der Waals surface area contributed by atoms with Gasteiger partial charge < -0.3 is 0 Å². The SMILES string of the molecule is C=CCN(CC=C)Cc1ccc(C(=O)NN)cn1. The van der Waals surface area contributed by atoms with Crippen molar-refractivity contribution in [2.24, 2.45) is 5.84 Å². The number of nitrogens with zero attached hydrogens (tertiary/aromatic N) is 2. The van der Waals surface area contributed by atoms with Crippen LogP contribution < -0.4 is 11.3 Å². The van der Waals surface area contributed by atoms with Crippen molar-refractivity contribution in [3.8, 4) is 0 Å². The van der Waals surface area contributed by atoms with Gasteiger partial charge in [0.25, 0.3) is 5.91 Å². The van der Waals surface area contributed by atoms with Crippen molar-refractivity contribution >= 4 is 5.91 Å². The molecule has 0 saturated heterocycles. The van der Waals surface area contributed by atoms with Crippen LogP contribution in [0.25, 0.3) is 0 Å². The number of hydrazine groups is 1. The maximum Gasteiger partial charge on any atom is 0.266 e. The second-order valence-corrected chi connectivity index (χ2v) is 3.78. The van der Waals surface area contributed by atoms with Gasteiger partial charge in [-0.25, -0.2) is 5.84 Å². The van der Waals surface area contributed by atoms with Gasteiger partial charge in [-0.1, -0.05) is 12.2 Å². The van der Waals surface area contributed by atoms with Crippen molar-refractivity contribution in [1.29, 1.82) is 0 Å². The van der Waals surface area contributed by atoms with E-state index in [1.165, 1.54) is 6.20 Å². The summed E-state index contributed by atoms with van der Waals surface area (Å²) in [6.45, 7) is 9.63. The number of nitrogen functional groups attached to an aromatic ring is 1. The molecular formula is C13H18N4O. The molecule has 0 spiro atoms. The largest absolute Gasteiger partial charge is 0.290 e. The number of nitrogens with one attached hydrogen (secondary N) is 1. The topological polar surface area (TPSA) is 71.2 Å². The summed E-state index contributed by atoms with van der Waals surface area (Å²) in [6.07, 6.45) is 5.18. The Morgan fingerprint density at radius 3 is 2.50 bits per heavy atom. The van der Waals surface area contributed by atoms with E-state index in [1.807, 2.05) is 18.2 Å². The molecule has 18 heavy (non-hydrogen) atoms. The van der Waals surface area contributed by atoms with Crippen LogP contribution in [0.4, 0.5) is 0 Å². The van der Waals surface area contributed by atoms with E-state index in [0.29, 0.717) is 12.1 Å². The van der Waals surface area contributed by atoms with Gasteiger partial charge in [-0.05, 0) is 12.1 Å². The second kappa shape index (κ2) is 7.37. The highest BCUT2D eigenvalue weighted by Crippen LogP contribution is 2.04. The summed E-state index contributed by atoms with van der Waals surface area (Å²) in [6, 6.07) is 3.51. The fraction of sp³-hybridized carbons (Fsp3) is 0.231. The van der Waals surface area contributed by atoms with Gasteiger partial charge in [-0.15, -0.1) is 13.2 Å². The van der Waals surface area contributed by atoms with Crippen LogP contribution >= 0.6 is 0 Å². The zero-order chi connectivity index (χ0) is 13.4. The molecule has 1 aromatic heterocycles. The summed E-state index contributed by atoms with van der Waals surface area (Å²) in [5.74, 6) is 4.70. The monoisotopic (exact) mass is 246 g/mol. The van der Waals surface area contributed by atoms with Gasteiger partial charge in [0.05, 0.1) is 11.3 Å². The summed E-state index contributed by atoms with van der Waals surface area (Å²) < 4.78 is 0. The first-order valence-corrected chi connectivity index (χ1v) is 5.61. The van der Waals surface area contributed by atoms with Gasteiger partial charge in [0.15, 0.2) is 0 Å². The first kappa shape index (κ1) is 14.1. The van der Waals surface area contributed by atoms with E-state index >= 15 is 0 Å². The molecule has 1 aromatic rings. The number of carbonyl (C=O) groups is 1. The number of hydrogen-bond acceptors (Lipinski definition) is 4. The van der Waals surface area contributed by atoms with Gasteiger partial charge in [0.1, 0.15) is 0 Å². The first-order chi connectivity index (χ1) is 8.71. The van der Waals surface area contributed by atoms with E-state index in [-0.39, 0.29) is 5.91 Å². The summed E-state index contributed by atoms with van der Waals surface area (Å²) in [4.78, 5) is 17.6. The third kappa shape index (κ3) is 4.12. The molecule has 0 saturated carbocycles. The number of hydrogen-bond donors (Lipinski definition) is 2. The molecule has 0 aliphatic rings. The van der Waals surface area contributed by atoms with Crippen LogP contribution in [0.3, 0.4) is 0 Å². The molecule has 0 bridgehead atoms. The van der Waals surface area contributed by atoms with Crippen LogP contribution in [0.1, 0.15) is 16.1 Å². The minimum Gasteiger partial charge on any atom is -0.290 e. The molecule has 96 valence electrons. The number of nitrogens with two attached hydrogens (primary N) is 1. The third-order valence-electron chi connectivity index (χ3n) is 2.38. The van der Waals surface area contributed by atoms with Gasteiger partial charge >= 0.3 is 0 Å². The number of rotatable bonds is 7. The maximum absolute atomic E-state index is 11.2. The zero-order valence-electron chi connectivity index (χ0n) is 10.3. The highest BCUT2D eigenvalue weighted by molar-refractivity contribution is 5.93. The lowest BCUT2D eigenvalue weighted by Gasteiger charge is -2.18. The summed E-state index contributed by atoms with van der Waals surface area (Å²) >= 11 is 0. The molecule has 0 radical (unpaired) electrons. The Bertz CT molecular complexity index is 404. The standard InChI is InChI=1S/C13H18N4O/c1-3-7-17(8-4-2)10-12-6-5-11(9-15-12)13(18)16-14/h3-6,9H,1-2,7-8,10,14H2,(H,16,18). The van der Waals surface area contributed by atoms with Crippen LogP contribution in [0, 0.1) is 0 Å². The number of amides is 1. The Morgan fingerprint density at radius 2 is 2.06 bits per heavy atom. The number of pyridine rings is 1. The third-order valence-corrected chi connectivity index (χ3v) is 2.38. The Hall–Kier alpha value is -1.98. The number of aromatic nitrogens is 1. The fourth-order valence-electron chi connectivity index (χ4n) is 1.53. The van der Waals surface area contributed by atoms with Crippen molar-refractivity contribution in [3.05, 3.63) is 54.9 Å². The molecule has 0 aromatic carbocycles. The van der Waals surface area contributed by atoms with Gasteiger partial charge in [0, 0.05) is 25.8 Å². The van der Waals surface area contributed by atoms with Crippen LogP contribution in [0.15, 0.2) is 43.6 Å². The molecule has 0 fully saturated rings. The second-order valence-electron chi connectivity index (χ2n) is 3.78. The van der Waals surface area contributed by atoms with Crippen molar-refractivity contribution < 1.29 is 4.79 Å². The highest BCUT2D eigenvalue weighted by Gasteiger charge is 2.06. The molecule has 0 unspecified atom stereocenters. The van der Waals surface area contributed by atoms with E-state index < -0.39 is 0 Å². The average Bonchev–Trinajstić information content (AvgIpc) is 2.39. The molecule has 0 aliphatic heterocycles. The molecular weight excluding hydrogens is 228 g/mol. The van der Waals surface area contributed by atoms with E-state index in [2.05, 4.69) is 28.5 Å². The van der Waals surface area contributed by atoms with Crippen molar-refractivity contribution in [3.63, 3.8) is 0 Å². The Balaban J connectivity index is 2.69. The van der Waals surface area contributed by atoms with Gasteiger partial charge in [0.2, 0.25) is 0 Å². The molecule has 1 heterocycles. The van der Waals surface area contributed by atoms with Gasteiger partial charge in [-0.3, -0.25) is 20.1 Å².